The lowest BCUT2D eigenvalue weighted by molar-refractivity contribution is 0.992. The Labute approximate surface area is 310 Å². The van der Waals surface area contributed by atoms with Crippen LogP contribution < -0.4 is 0 Å². The van der Waals surface area contributed by atoms with Crippen LogP contribution in [0.2, 0.25) is 0 Å². The molecule has 0 nitrogen and oxygen atoms in total. The fourth-order valence-electron chi connectivity index (χ4n) is 8.92. The summed E-state index contributed by atoms with van der Waals surface area (Å²) < 4.78 is 2.67. The second-order valence-corrected chi connectivity index (χ2v) is 15.8. The van der Waals surface area contributed by atoms with Gasteiger partial charge in [0.1, 0.15) is 0 Å². The van der Waals surface area contributed by atoms with Gasteiger partial charge in [-0.25, -0.2) is 0 Å². The summed E-state index contributed by atoms with van der Waals surface area (Å²) in [6.07, 6.45) is 6.86. The van der Waals surface area contributed by atoms with Crippen LogP contribution in [-0.2, 0) is 6.42 Å². The molecule has 0 unspecified atom stereocenters. The molecule has 0 bridgehead atoms. The van der Waals surface area contributed by atoms with Gasteiger partial charge < -0.3 is 0 Å². The van der Waals surface area contributed by atoms with Crippen LogP contribution in [0.25, 0.3) is 102 Å². The highest BCUT2D eigenvalue weighted by atomic mass is 32.1. The van der Waals surface area contributed by atoms with Crippen LogP contribution in [0, 0.1) is 0 Å². The Kier molecular flexibility index (Phi) is 6.83. The van der Waals surface area contributed by atoms with Gasteiger partial charge in [0.15, 0.2) is 0 Å². The van der Waals surface area contributed by atoms with Gasteiger partial charge in [-0.3, -0.25) is 0 Å². The number of hydrogen-bond donors (Lipinski definition) is 0. The number of hydrogen-bond acceptors (Lipinski definition) is 2. The molecule has 0 radical (unpaired) electrons. The Balaban J connectivity index is 1.17. The monoisotopic (exact) mass is 696 g/mol. The van der Waals surface area contributed by atoms with Gasteiger partial charge in [-0.15, -0.1) is 22.7 Å². The first-order valence-electron chi connectivity index (χ1n) is 18.1. The topological polar surface area (TPSA) is 0 Å². The largest absolute Gasteiger partial charge is 0.144 e. The quantitative estimate of drug-likeness (QED) is 0.161. The highest BCUT2D eigenvalue weighted by Crippen LogP contribution is 2.50. The van der Waals surface area contributed by atoms with Crippen LogP contribution in [-0.4, -0.2) is 0 Å². The fraction of sp³-hybridized carbons (Fsp3) is 0.0400. The standard InChI is InChI=1S/C50H32S2/c1-2-14-31(15-3-1)46-33-16-4-6-18-35(33)47(36-19-7-5-17-34(36)46)32-27-28-41-45(30-32)52-44-25-12-24-42(50(41)44)48-37-20-8-10-22-39(37)49(43-26-13-29-51-43)40-23-11-9-21-38(40)48/h1-8,10-20,22-30H,9,21H2. The average Bonchev–Trinajstić information content (AvgIpc) is 3.87. The predicted octanol–water partition coefficient (Wildman–Crippen LogP) is 15.2. The molecule has 0 atom stereocenters. The van der Waals surface area contributed by atoms with Gasteiger partial charge in [0.25, 0.3) is 0 Å². The highest BCUT2D eigenvalue weighted by molar-refractivity contribution is 7.26. The van der Waals surface area contributed by atoms with Crippen molar-refractivity contribution in [3.8, 4) is 43.8 Å². The van der Waals surface area contributed by atoms with Crippen molar-refractivity contribution in [3.05, 3.63) is 174 Å². The molecule has 2 aromatic heterocycles. The van der Waals surface area contributed by atoms with Crippen LogP contribution >= 0.6 is 22.7 Å². The van der Waals surface area contributed by atoms with E-state index >= 15 is 0 Å². The third-order valence-electron chi connectivity index (χ3n) is 11.0. The molecule has 0 N–H and O–H groups in total. The predicted molar refractivity (Wildman–Crippen MR) is 229 cm³/mol. The van der Waals surface area contributed by atoms with Crippen molar-refractivity contribution in [1.29, 1.82) is 0 Å². The number of thiophene rings is 2. The number of rotatable bonds is 4. The molecule has 2 heteroatoms. The summed E-state index contributed by atoms with van der Waals surface area (Å²) in [5.74, 6) is 0. The second kappa shape index (κ2) is 11.9. The second-order valence-electron chi connectivity index (χ2n) is 13.8. The van der Waals surface area contributed by atoms with Gasteiger partial charge in [-0.05, 0) is 113 Å². The van der Waals surface area contributed by atoms with Gasteiger partial charge in [-0.1, -0.05) is 146 Å². The maximum Gasteiger partial charge on any atom is 0.0361 e. The minimum absolute atomic E-state index is 1.05. The molecule has 244 valence electrons. The molecule has 0 spiro atoms. The van der Waals surface area contributed by atoms with Crippen molar-refractivity contribution < 1.29 is 0 Å². The summed E-state index contributed by atoms with van der Waals surface area (Å²) in [5, 5.41) is 12.7. The first kappa shape index (κ1) is 29.9. The summed E-state index contributed by atoms with van der Waals surface area (Å²) in [4.78, 5) is 1.34. The zero-order chi connectivity index (χ0) is 34.2. The molecule has 52 heavy (non-hydrogen) atoms. The molecule has 0 fully saturated rings. The first-order chi connectivity index (χ1) is 25.8. The Morgan fingerprint density at radius 3 is 1.75 bits per heavy atom. The first-order valence-corrected chi connectivity index (χ1v) is 19.8. The normalized spacial score (nSPS) is 12.8. The van der Waals surface area contributed by atoms with E-state index in [1.165, 1.54) is 107 Å². The van der Waals surface area contributed by atoms with E-state index in [1.54, 1.807) is 0 Å². The van der Waals surface area contributed by atoms with Gasteiger partial charge in [0, 0.05) is 30.6 Å². The lowest BCUT2D eigenvalue weighted by Gasteiger charge is -2.23. The highest BCUT2D eigenvalue weighted by Gasteiger charge is 2.24. The molecular formula is C50H32S2. The minimum atomic E-state index is 1.05. The van der Waals surface area contributed by atoms with Gasteiger partial charge in [-0.2, -0.15) is 0 Å². The molecule has 0 saturated heterocycles. The summed E-state index contributed by atoms with van der Waals surface area (Å²) in [6, 6.07) is 56.5. The van der Waals surface area contributed by atoms with E-state index in [9.17, 15) is 0 Å². The summed E-state index contributed by atoms with van der Waals surface area (Å²) >= 11 is 3.76. The average molecular weight is 697 g/mol. The summed E-state index contributed by atoms with van der Waals surface area (Å²) in [5.41, 5.74) is 12.1. The smallest absolute Gasteiger partial charge is 0.0361 e. The van der Waals surface area contributed by atoms with Crippen LogP contribution in [0.4, 0.5) is 0 Å². The van der Waals surface area contributed by atoms with E-state index in [-0.39, 0.29) is 0 Å². The third kappa shape index (κ3) is 4.45. The minimum Gasteiger partial charge on any atom is -0.144 e. The zero-order valence-electron chi connectivity index (χ0n) is 28.4. The van der Waals surface area contributed by atoms with Gasteiger partial charge in [0.2, 0.25) is 0 Å². The number of fused-ring (bicyclic) bond motifs is 7. The lowest BCUT2D eigenvalue weighted by Crippen LogP contribution is -2.02. The van der Waals surface area contributed by atoms with E-state index < -0.39 is 0 Å². The van der Waals surface area contributed by atoms with Crippen molar-refractivity contribution in [1.82, 2.24) is 0 Å². The Bertz CT molecular complexity index is 2990. The molecule has 1 aliphatic rings. The van der Waals surface area contributed by atoms with Crippen molar-refractivity contribution in [2.24, 2.45) is 0 Å². The summed E-state index contributed by atoms with van der Waals surface area (Å²) in [6.45, 7) is 0. The Morgan fingerprint density at radius 1 is 0.442 bits per heavy atom. The van der Waals surface area contributed by atoms with Crippen LogP contribution in [0.1, 0.15) is 17.5 Å². The molecule has 0 amide bonds. The Hall–Kier alpha value is -5.80. The third-order valence-corrected chi connectivity index (χ3v) is 13.0. The molecule has 8 aromatic carbocycles. The van der Waals surface area contributed by atoms with Gasteiger partial charge in [0.05, 0.1) is 0 Å². The van der Waals surface area contributed by atoms with Crippen molar-refractivity contribution in [2.75, 3.05) is 0 Å². The van der Waals surface area contributed by atoms with E-state index in [0.29, 0.717) is 0 Å². The number of allylic oxidation sites excluding steroid dienone is 1. The molecule has 2 heterocycles. The van der Waals surface area contributed by atoms with Crippen LogP contribution in [0.3, 0.4) is 0 Å². The van der Waals surface area contributed by atoms with E-state index in [4.69, 9.17) is 0 Å². The Morgan fingerprint density at radius 2 is 1.08 bits per heavy atom. The molecule has 11 rings (SSSR count). The molecule has 0 saturated carbocycles. The van der Waals surface area contributed by atoms with Gasteiger partial charge >= 0.3 is 0 Å². The van der Waals surface area contributed by atoms with Crippen molar-refractivity contribution in [2.45, 2.75) is 12.8 Å². The van der Waals surface area contributed by atoms with E-state index in [0.717, 1.165) is 12.8 Å². The van der Waals surface area contributed by atoms with Crippen molar-refractivity contribution >= 4 is 81.2 Å². The molecule has 0 aliphatic heterocycles. The van der Waals surface area contributed by atoms with E-state index in [1.807, 2.05) is 22.7 Å². The summed E-state index contributed by atoms with van der Waals surface area (Å²) in [7, 11) is 0. The molecular weight excluding hydrogens is 665 g/mol. The molecule has 10 aromatic rings. The maximum atomic E-state index is 2.45. The zero-order valence-corrected chi connectivity index (χ0v) is 30.0. The SMILES string of the molecule is C1=Cc2c(c(-c3cccc4sc5cc(-c6c7ccccc7c(-c7ccccc7)c7ccccc67)ccc5c34)c3ccccc3c2-c2cccs2)CC1. The molecule has 1 aliphatic carbocycles. The maximum absolute atomic E-state index is 2.45. The van der Waals surface area contributed by atoms with Crippen LogP contribution in [0.15, 0.2) is 163 Å². The van der Waals surface area contributed by atoms with Crippen LogP contribution in [0.5, 0.6) is 0 Å². The van der Waals surface area contributed by atoms with Crippen molar-refractivity contribution in [3.63, 3.8) is 0 Å². The van der Waals surface area contributed by atoms with E-state index in [2.05, 4.69) is 169 Å². The number of benzene rings is 8. The fourth-order valence-corrected chi connectivity index (χ4v) is 10.9. The lowest BCUT2D eigenvalue weighted by atomic mass is 9.81.